The first-order valence-corrected chi connectivity index (χ1v) is 9.22. The number of carbonyl (C=O) groups excluding carboxylic acids is 2. The largest absolute Gasteiger partial charge is 0.493 e. The third-order valence-electron chi connectivity index (χ3n) is 4.40. The van der Waals surface area contributed by atoms with Crippen molar-refractivity contribution in [1.29, 1.82) is 0 Å². The minimum absolute atomic E-state index is 0.172. The number of methoxy groups -OCH3 is 2. The van der Waals surface area contributed by atoms with E-state index in [1.165, 1.54) is 19.4 Å². The van der Waals surface area contributed by atoms with Crippen molar-refractivity contribution in [3.8, 4) is 17.3 Å². The average Bonchev–Trinajstić information content (AvgIpc) is 3.23. The normalized spacial score (nSPS) is 11.5. The summed E-state index contributed by atoms with van der Waals surface area (Å²) in [6.07, 6.45) is 4.64. The first-order valence-electron chi connectivity index (χ1n) is 9.22. The van der Waals surface area contributed by atoms with Crippen LogP contribution in [0, 0.1) is 0 Å². The van der Waals surface area contributed by atoms with Gasteiger partial charge in [-0.05, 0) is 36.8 Å². The summed E-state index contributed by atoms with van der Waals surface area (Å²) in [4.78, 5) is 32.1. The average molecular weight is 409 g/mol. The molecular weight excluding hydrogens is 386 g/mol. The number of rotatable bonds is 7. The summed E-state index contributed by atoms with van der Waals surface area (Å²) < 4.78 is 12.2. The number of hydrogen-bond donors (Lipinski definition) is 2. The molecule has 3 rings (SSSR count). The van der Waals surface area contributed by atoms with Gasteiger partial charge in [0.1, 0.15) is 17.8 Å². The highest BCUT2D eigenvalue weighted by atomic mass is 16.5. The first kappa shape index (κ1) is 20.8. The molecule has 0 aliphatic rings. The number of benzene rings is 1. The van der Waals surface area contributed by atoms with Gasteiger partial charge in [0.05, 0.1) is 32.1 Å². The fourth-order valence-electron chi connectivity index (χ4n) is 2.86. The molecule has 0 saturated carbocycles. The number of nitrogens with one attached hydrogen (secondary N) is 2. The summed E-state index contributed by atoms with van der Waals surface area (Å²) in [5.41, 5.74) is 1.72. The minimum Gasteiger partial charge on any atom is -0.493 e. The molecule has 0 aliphatic heterocycles. The second kappa shape index (κ2) is 9.08. The molecule has 0 saturated heterocycles. The summed E-state index contributed by atoms with van der Waals surface area (Å²) in [5.74, 6) is 1.30. The van der Waals surface area contributed by atoms with Crippen LogP contribution in [0.15, 0.2) is 49.1 Å². The Balaban J connectivity index is 1.69. The lowest BCUT2D eigenvalue weighted by Crippen LogP contribution is -2.27. The van der Waals surface area contributed by atoms with E-state index in [0.29, 0.717) is 23.0 Å². The SMILES string of the molecule is COc1ccc([C@H](C)NC(=O)c2cn(-c3ccc(NC(C)=O)cn3)cn2)cc1OC. The molecule has 0 radical (unpaired) electrons. The van der Waals surface area contributed by atoms with E-state index in [1.54, 1.807) is 43.2 Å². The van der Waals surface area contributed by atoms with Gasteiger partial charge in [-0.3, -0.25) is 14.2 Å². The number of nitrogens with zero attached hydrogens (tertiary/aromatic N) is 3. The van der Waals surface area contributed by atoms with E-state index in [2.05, 4.69) is 20.6 Å². The quantitative estimate of drug-likeness (QED) is 0.621. The Morgan fingerprint density at radius 2 is 1.83 bits per heavy atom. The Morgan fingerprint density at radius 3 is 2.47 bits per heavy atom. The van der Waals surface area contributed by atoms with E-state index in [9.17, 15) is 9.59 Å². The molecule has 9 heteroatoms. The van der Waals surface area contributed by atoms with Gasteiger partial charge in [-0.1, -0.05) is 6.07 Å². The predicted molar refractivity (Wildman–Crippen MR) is 111 cm³/mol. The molecule has 2 heterocycles. The summed E-state index contributed by atoms with van der Waals surface area (Å²) in [6, 6.07) is 8.66. The van der Waals surface area contributed by atoms with Gasteiger partial charge in [0.2, 0.25) is 5.91 Å². The number of ether oxygens (including phenoxy) is 2. The Labute approximate surface area is 174 Å². The molecule has 2 aromatic heterocycles. The smallest absolute Gasteiger partial charge is 0.271 e. The highest BCUT2D eigenvalue weighted by Crippen LogP contribution is 2.29. The molecule has 2 N–H and O–H groups in total. The molecule has 0 fully saturated rings. The highest BCUT2D eigenvalue weighted by Gasteiger charge is 2.16. The van der Waals surface area contributed by atoms with Crippen molar-refractivity contribution >= 4 is 17.5 Å². The van der Waals surface area contributed by atoms with Crippen molar-refractivity contribution in [1.82, 2.24) is 19.9 Å². The molecule has 30 heavy (non-hydrogen) atoms. The van der Waals surface area contributed by atoms with Crippen molar-refractivity contribution < 1.29 is 19.1 Å². The first-order chi connectivity index (χ1) is 14.4. The van der Waals surface area contributed by atoms with Gasteiger partial charge in [-0.2, -0.15) is 0 Å². The van der Waals surface area contributed by atoms with Crippen molar-refractivity contribution in [2.75, 3.05) is 19.5 Å². The van der Waals surface area contributed by atoms with E-state index in [4.69, 9.17) is 9.47 Å². The summed E-state index contributed by atoms with van der Waals surface area (Å²) in [6.45, 7) is 3.30. The van der Waals surface area contributed by atoms with Crippen molar-refractivity contribution in [2.24, 2.45) is 0 Å². The van der Waals surface area contributed by atoms with Crippen LogP contribution in [0.1, 0.15) is 35.9 Å². The standard InChI is InChI=1S/C21H23N5O4/c1-13(15-5-7-18(29-3)19(9-15)30-4)24-21(28)17-11-26(12-23-17)20-8-6-16(10-22-20)25-14(2)27/h5-13H,1-4H3,(H,24,28)(H,25,27)/t13-/m0/s1. The van der Waals surface area contributed by atoms with Gasteiger partial charge in [-0.15, -0.1) is 0 Å². The molecule has 1 atom stereocenters. The van der Waals surface area contributed by atoms with Gasteiger partial charge in [0.15, 0.2) is 11.5 Å². The van der Waals surface area contributed by atoms with E-state index in [0.717, 1.165) is 5.56 Å². The Hall–Kier alpha value is -3.88. The Bertz CT molecular complexity index is 1050. The van der Waals surface area contributed by atoms with Crippen LogP contribution >= 0.6 is 0 Å². The predicted octanol–water partition coefficient (Wildman–Crippen LogP) is 2.73. The van der Waals surface area contributed by atoms with Gasteiger partial charge < -0.3 is 20.1 Å². The number of hydrogen-bond acceptors (Lipinski definition) is 6. The number of imidazole rings is 1. The van der Waals surface area contributed by atoms with Gasteiger partial charge in [0.25, 0.3) is 5.91 Å². The molecule has 2 amide bonds. The van der Waals surface area contributed by atoms with E-state index in [1.807, 2.05) is 19.1 Å². The number of carbonyl (C=O) groups is 2. The van der Waals surface area contributed by atoms with E-state index < -0.39 is 0 Å². The molecule has 3 aromatic rings. The maximum atomic E-state index is 12.6. The van der Waals surface area contributed by atoms with E-state index >= 15 is 0 Å². The molecule has 1 aromatic carbocycles. The van der Waals surface area contributed by atoms with Gasteiger partial charge in [0, 0.05) is 13.1 Å². The van der Waals surface area contributed by atoms with Gasteiger partial charge in [-0.25, -0.2) is 9.97 Å². The van der Waals surface area contributed by atoms with Crippen LogP contribution in [0.4, 0.5) is 5.69 Å². The molecular formula is C21H23N5O4. The van der Waals surface area contributed by atoms with E-state index in [-0.39, 0.29) is 23.6 Å². The zero-order chi connectivity index (χ0) is 21.7. The topological polar surface area (TPSA) is 107 Å². The maximum Gasteiger partial charge on any atom is 0.271 e. The third-order valence-corrected chi connectivity index (χ3v) is 4.40. The zero-order valence-electron chi connectivity index (χ0n) is 17.2. The number of amides is 2. The molecule has 0 aliphatic carbocycles. The second-order valence-corrected chi connectivity index (χ2v) is 6.56. The van der Waals surface area contributed by atoms with Crippen LogP contribution in [-0.2, 0) is 4.79 Å². The lowest BCUT2D eigenvalue weighted by atomic mass is 10.1. The molecule has 0 spiro atoms. The van der Waals surface area contributed by atoms with Crippen molar-refractivity contribution in [2.45, 2.75) is 19.9 Å². The van der Waals surface area contributed by atoms with Crippen LogP contribution in [0.5, 0.6) is 11.5 Å². The van der Waals surface area contributed by atoms with Crippen molar-refractivity contribution in [3.05, 3.63) is 60.3 Å². The van der Waals surface area contributed by atoms with Crippen LogP contribution in [0.3, 0.4) is 0 Å². The molecule has 0 unspecified atom stereocenters. The van der Waals surface area contributed by atoms with Crippen LogP contribution in [0.2, 0.25) is 0 Å². The second-order valence-electron chi connectivity index (χ2n) is 6.56. The molecule has 9 nitrogen and oxygen atoms in total. The summed E-state index contributed by atoms with van der Waals surface area (Å²) >= 11 is 0. The van der Waals surface area contributed by atoms with Gasteiger partial charge >= 0.3 is 0 Å². The minimum atomic E-state index is -0.314. The highest BCUT2D eigenvalue weighted by molar-refractivity contribution is 5.92. The lowest BCUT2D eigenvalue weighted by molar-refractivity contribution is -0.114. The third kappa shape index (κ3) is 4.75. The maximum absolute atomic E-state index is 12.6. The zero-order valence-corrected chi connectivity index (χ0v) is 17.2. The fourth-order valence-corrected chi connectivity index (χ4v) is 2.86. The summed E-state index contributed by atoms with van der Waals surface area (Å²) in [5, 5.41) is 5.57. The Morgan fingerprint density at radius 1 is 1.07 bits per heavy atom. The number of pyridine rings is 1. The molecule has 156 valence electrons. The van der Waals surface area contributed by atoms with Crippen LogP contribution in [-0.4, -0.2) is 40.6 Å². The van der Waals surface area contributed by atoms with Crippen LogP contribution < -0.4 is 20.1 Å². The fraction of sp³-hybridized carbons (Fsp3) is 0.238. The Kier molecular flexibility index (Phi) is 6.31. The van der Waals surface area contributed by atoms with Crippen LogP contribution in [0.25, 0.3) is 5.82 Å². The monoisotopic (exact) mass is 409 g/mol. The number of anilines is 1. The lowest BCUT2D eigenvalue weighted by Gasteiger charge is -2.16. The molecule has 0 bridgehead atoms. The summed E-state index contributed by atoms with van der Waals surface area (Å²) in [7, 11) is 3.13. The number of aromatic nitrogens is 3. The van der Waals surface area contributed by atoms with Crippen molar-refractivity contribution in [3.63, 3.8) is 0 Å².